The smallest absolute Gasteiger partial charge is 0.369 e. The molecule has 0 unspecified atom stereocenters. The van der Waals surface area contributed by atoms with Crippen LogP contribution in [0.1, 0.15) is 11.1 Å². The predicted octanol–water partition coefficient (Wildman–Crippen LogP) is 4.68. The minimum Gasteiger partial charge on any atom is -0.369 e. The van der Waals surface area contributed by atoms with E-state index in [9.17, 15) is 36.2 Å². The van der Waals surface area contributed by atoms with Crippen molar-refractivity contribution in [1.29, 1.82) is 0 Å². The molecule has 0 atom stereocenters. The Bertz CT molecular complexity index is 884. The summed E-state index contributed by atoms with van der Waals surface area (Å²) in [5.41, 5.74) is -5.37. The highest BCUT2D eigenvalue weighted by atomic mass is 32.2. The Balaban J connectivity index is 1.96. The van der Waals surface area contributed by atoms with Crippen LogP contribution in [0.5, 0.6) is 0 Å². The van der Waals surface area contributed by atoms with Gasteiger partial charge in [0.2, 0.25) is 5.91 Å². The standard InChI is InChI=1S/C19H15F6NO2S/c20-18(21,22)17(28,19(23,24)25)13-6-7-14-15(11-13)29-9-8-26(14)16(27)10-12-4-2-1-3-5-12/h1-7,11,28H,8-10H2. The third-order valence-corrected chi connectivity index (χ3v) is 5.59. The summed E-state index contributed by atoms with van der Waals surface area (Å²) in [6.07, 6.45) is -11.9. The van der Waals surface area contributed by atoms with E-state index in [0.717, 1.165) is 23.4 Å². The van der Waals surface area contributed by atoms with Crippen LogP contribution in [-0.4, -0.2) is 35.7 Å². The van der Waals surface area contributed by atoms with Crippen molar-refractivity contribution in [3.63, 3.8) is 0 Å². The van der Waals surface area contributed by atoms with Crippen LogP contribution in [0.15, 0.2) is 53.4 Å². The molecular formula is C19H15F6NO2S. The molecule has 1 N–H and O–H groups in total. The van der Waals surface area contributed by atoms with E-state index in [0.29, 0.717) is 17.9 Å². The van der Waals surface area contributed by atoms with Crippen molar-refractivity contribution >= 4 is 23.4 Å². The summed E-state index contributed by atoms with van der Waals surface area (Å²) in [6, 6.07) is 11.0. The van der Waals surface area contributed by atoms with Gasteiger partial charge < -0.3 is 10.0 Å². The number of halogens is 6. The van der Waals surface area contributed by atoms with Gasteiger partial charge in [0, 0.05) is 22.8 Å². The first kappa shape index (κ1) is 21.5. The third-order valence-electron chi connectivity index (χ3n) is 4.56. The van der Waals surface area contributed by atoms with Gasteiger partial charge in [-0.25, -0.2) is 0 Å². The van der Waals surface area contributed by atoms with Crippen LogP contribution in [0.4, 0.5) is 32.0 Å². The van der Waals surface area contributed by atoms with Crippen molar-refractivity contribution in [1.82, 2.24) is 0 Å². The largest absolute Gasteiger partial charge is 0.430 e. The molecule has 0 radical (unpaired) electrons. The van der Waals surface area contributed by atoms with Gasteiger partial charge in [0.05, 0.1) is 12.1 Å². The zero-order valence-electron chi connectivity index (χ0n) is 14.7. The fourth-order valence-corrected chi connectivity index (χ4v) is 4.09. The molecule has 0 aliphatic carbocycles. The Hall–Kier alpha value is -2.20. The van der Waals surface area contributed by atoms with E-state index in [4.69, 9.17) is 0 Å². The van der Waals surface area contributed by atoms with Crippen LogP contribution < -0.4 is 4.90 Å². The van der Waals surface area contributed by atoms with Crippen LogP contribution in [-0.2, 0) is 16.8 Å². The number of aliphatic hydroxyl groups is 1. The lowest BCUT2D eigenvalue weighted by Gasteiger charge is -2.34. The molecule has 1 aliphatic heterocycles. The van der Waals surface area contributed by atoms with Gasteiger partial charge in [-0.05, 0) is 17.7 Å². The monoisotopic (exact) mass is 435 g/mol. The lowest BCUT2D eigenvalue weighted by Crippen LogP contribution is -2.54. The highest BCUT2D eigenvalue weighted by Crippen LogP contribution is 2.51. The van der Waals surface area contributed by atoms with Gasteiger partial charge in [-0.3, -0.25) is 4.79 Å². The first-order valence-corrected chi connectivity index (χ1v) is 9.41. The minimum atomic E-state index is -5.96. The summed E-state index contributed by atoms with van der Waals surface area (Å²) in [5.74, 6) is -0.0274. The van der Waals surface area contributed by atoms with E-state index in [1.54, 1.807) is 30.3 Å². The number of rotatable bonds is 3. The molecule has 3 nitrogen and oxygen atoms in total. The fraction of sp³-hybridized carbons (Fsp3) is 0.316. The van der Waals surface area contributed by atoms with E-state index in [-0.39, 0.29) is 29.5 Å². The van der Waals surface area contributed by atoms with Crippen molar-refractivity contribution in [2.75, 3.05) is 17.2 Å². The topological polar surface area (TPSA) is 40.5 Å². The number of nitrogens with zero attached hydrogens (tertiary/aromatic N) is 1. The number of anilines is 1. The molecule has 0 bridgehead atoms. The van der Waals surface area contributed by atoms with Crippen LogP contribution in [0, 0.1) is 0 Å². The number of carbonyl (C=O) groups excluding carboxylic acids is 1. The van der Waals surface area contributed by atoms with Crippen molar-refractivity contribution < 1.29 is 36.2 Å². The fourth-order valence-electron chi connectivity index (χ4n) is 3.06. The van der Waals surface area contributed by atoms with Gasteiger partial charge in [0.15, 0.2) is 0 Å². The molecule has 1 aliphatic rings. The number of hydrogen-bond donors (Lipinski definition) is 1. The quantitative estimate of drug-likeness (QED) is 0.712. The van der Waals surface area contributed by atoms with E-state index >= 15 is 0 Å². The summed E-state index contributed by atoms with van der Waals surface area (Å²) in [4.78, 5) is 14.0. The molecule has 10 heteroatoms. The Morgan fingerprint density at radius 2 is 1.62 bits per heavy atom. The van der Waals surface area contributed by atoms with Gasteiger partial charge in [-0.2, -0.15) is 26.3 Å². The van der Waals surface area contributed by atoms with Crippen molar-refractivity contribution in [2.24, 2.45) is 0 Å². The van der Waals surface area contributed by atoms with Crippen LogP contribution in [0.3, 0.4) is 0 Å². The molecule has 1 amide bonds. The van der Waals surface area contributed by atoms with Crippen LogP contribution in [0.2, 0.25) is 0 Å². The average molecular weight is 435 g/mol. The second-order valence-corrected chi connectivity index (χ2v) is 7.58. The average Bonchev–Trinajstić information content (AvgIpc) is 2.65. The molecule has 2 aromatic carbocycles. The Kier molecular flexibility index (Phi) is 5.61. The zero-order valence-corrected chi connectivity index (χ0v) is 15.5. The molecule has 156 valence electrons. The molecule has 3 rings (SSSR count). The SMILES string of the molecule is O=C(Cc1ccccc1)N1CCSc2cc(C(O)(C(F)(F)F)C(F)(F)F)ccc21. The summed E-state index contributed by atoms with van der Waals surface area (Å²) in [7, 11) is 0. The first-order valence-electron chi connectivity index (χ1n) is 8.42. The Morgan fingerprint density at radius 3 is 2.21 bits per heavy atom. The Labute approximate surface area is 166 Å². The summed E-state index contributed by atoms with van der Waals surface area (Å²) in [5, 5.41) is 9.59. The molecule has 0 spiro atoms. The number of alkyl halides is 6. The molecular weight excluding hydrogens is 420 g/mol. The number of hydrogen-bond acceptors (Lipinski definition) is 3. The molecule has 0 aromatic heterocycles. The highest BCUT2D eigenvalue weighted by molar-refractivity contribution is 7.99. The van der Waals surface area contributed by atoms with E-state index in [1.165, 1.54) is 4.90 Å². The minimum absolute atomic E-state index is 0.0434. The van der Waals surface area contributed by atoms with Crippen molar-refractivity contribution in [3.8, 4) is 0 Å². The molecule has 0 saturated heterocycles. The maximum atomic E-state index is 13.1. The number of benzene rings is 2. The van der Waals surface area contributed by atoms with E-state index in [1.807, 2.05) is 0 Å². The van der Waals surface area contributed by atoms with Gasteiger partial charge in [-0.1, -0.05) is 36.4 Å². The third kappa shape index (κ3) is 3.95. The first-order chi connectivity index (χ1) is 13.4. The normalized spacial score (nSPS) is 15.2. The van der Waals surface area contributed by atoms with Gasteiger partial charge >= 0.3 is 12.4 Å². The zero-order chi connectivity index (χ0) is 21.4. The number of carbonyl (C=O) groups is 1. The molecule has 1 heterocycles. The predicted molar refractivity (Wildman–Crippen MR) is 95.7 cm³/mol. The highest BCUT2D eigenvalue weighted by Gasteiger charge is 2.71. The lowest BCUT2D eigenvalue weighted by molar-refractivity contribution is -0.376. The molecule has 0 fully saturated rings. The summed E-state index contributed by atoms with van der Waals surface area (Å²) in [6.45, 7) is 0.269. The number of fused-ring (bicyclic) bond motifs is 1. The van der Waals surface area contributed by atoms with Crippen LogP contribution in [0.25, 0.3) is 0 Å². The molecule has 29 heavy (non-hydrogen) atoms. The summed E-state index contributed by atoms with van der Waals surface area (Å²) < 4.78 is 78.7. The van der Waals surface area contributed by atoms with Crippen LogP contribution >= 0.6 is 11.8 Å². The van der Waals surface area contributed by atoms with E-state index < -0.39 is 23.5 Å². The second-order valence-electron chi connectivity index (χ2n) is 6.44. The summed E-state index contributed by atoms with van der Waals surface area (Å²) >= 11 is 1.03. The van der Waals surface area contributed by atoms with Crippen molar-refractivity contribution in [3.05, 3.63) is 59.7 Å². The maximum absolute atomic E-state index is 13.1. The van der Waals surface area contributed by atoms with E-state index in [2.05, 4.69) is 0 Å². The Morgan fingerprint density at radius 1 is 1.00 bits per heavy atom. The maximum Gasteiger partial charge on any atom is 0.430 e. The molecule has 2 aromatic rings. The van der Waals surface area contributed by atoms with Gasteiger partial charge in [0.1, 0.15) is 0 Å². The number of thioether (sulfide) groups is 1. The molecule has 0 saturated carbocycles. The second kappa shape index (κ2) is 7.56. The van der Waals surface area contributed by atoms with Gasteiger partial charge in [-0.15, -0.1) is 11.8 Å². The number of amides is 1. The van der Waals surface area contributed by atoms with Gasteiger partial charge in [0.25, 0.3) is 5.60 Å². The van der Waals surface area contributed by atoms with Crippen molar-refractivity contribution in [2.45, 2.75) is 29.3 Å². The lowest BCUT2D eigenvalue weighted by atomic mass is 9.92.